The predicted octanol–water partition coefficient (Wildman–Crippen LogP) is 3.26. The van der Waals surface area contributed by atoms with Crippen LogP contribution in [0.3, 0.4) is 0 Å². The van der Waals surface area contributed by atoms with Gasteiger partial charge < -0.3 is 14.6 Å². The van der Waals surface area contributed by atoms with Crippen LogP contribution < -0.4 is 5.32 Å². The van der Waals surface area contributed by atoms with Gasteiger partial charge in [0.05, 0.1) is 28.6 Å². The van der Waals surface area contributed by atoms with E-state index in [1.807, 2.05) is 17.7 Å². The summed E-state index contributed by atoms with van der Waals surface area (Å²) in [6.45, 7) is 8.29. The normalized spacial score (nSPS) is 11.6. The molecule has 2 aromatic rings. The summed E-state index contributed by atoms with van der Waals surface area (Å²) in [5, 5.41) is 12.2. The molecule has 0 aliphatic heterocycles. The van der Waals surface area contributed by atoms with E-state index >= 15 is 0 Å². The number of anilines is 1. The summed E-state index contributed by atoms with van der Waals surface area (Å²) < 4.78 is 7.74. The van der Waals surface area contributed by atoms with Crippen molar-refractivity contribution >= 4 is 24.8 Å². The van der Waals surface area contributed by atoms with Gasteiger partial charge in [-0.3, -0.25) is 0 Å². The fourth-order valence-electron chi connectivity index (χ4n) is 2.05. The zero-order valence-electron chi connectivity index (χ0n) is 13.1. The number of ether oxygens (including phenoxy) is 1. The van der Waals surface area contributed by atoms with Crippen LogP contribution in [0.1, 0.15) is 5.56 Å². The Morgan fingerprint density at radius 2 is 2.14 bits per heavy atom. The van der Waals surface area contributed by atoms with Crippen molar-refractivity contribution in [2.75, 3.05) is 19.0 Å². The number of rotatable bonds is 6. The van der Waals surface area contributed by atoms with Crippen LogP contribution in [0.5, 0.6) is 0 Å². The van der Waals surface area contributed by atoms with Gasteiger partial charge in [0.2, 0.25) is 0 Å². The lowest BCUT2D eigenvalue weighted by Gasteiger charge is -2.15. The van der Waals surface area contributed by atoms with Crippen LogP contribution in [0.15, 0.2) is 18.5 Å². The molecule has 1 aromatic carbocycles. The van der Waals surface area contributed by atoms with Gasteiger partial charge in [-0.25, -0.2) is 4.98 Å². The molecule has 0 spiro atoms. The Morgan fingerprint density at radius 3 is 2.76 bits per heavy atom. The molecule has 1 heterocycles. The van der Waals surface area contributed by atoms with Gasteiger partial charge in [0.1, 0.15) is 12.8 Å². The van der Waals surface area contributed by atoms with E-state index in [2.05, 4.69) is 36.0 Å². The van der Waals surface area contributed by atoms with Crippen molar-refractivity contribution in [2.45, 2.75) is 32.4 Å². The summed E-state index contributed by atoms with van der Waals surface area (Å²) in [5.41, 5.74) is 3.22. The number of hydrogen-bond acceptors (Lipinski definition) is 4. The molecule has 1 N–H and O–H groups in total. The number of nitrogens with one attached hydrogen (secondary N) is 1. The molecule has 21 heavy (non-hydrogen) atoms. The molecule has 0 aliphatic carbocycles. The van der Waals surface area contributed by atoms with Gasteiger partial charge in [0.15, 0.2) is 0 Å². The lowest BCUT2D eigenvalue weighted by molar-refractivity contribution is 0.0898. The van der Waals surface area contributed by atoms with E-state index in [0.29, 0.717) is 12.3 Å². The Morgan fingerprint density at radius 1 is 1.38 bits per heavy atom. The van der Waals surface area contributed by atoms with Crippen LogP contribution in [-0.2, 0) is 11.5 Å². The quantitative estimate of drug-likeness (QED) is 0.657. The average Bonchev–Trinajstić information content (AvgIpc) is 2.83. The summed E-state index contributed by atoms with van der Waals surface area (Å²) in [5.74, 6) is 0. The molecule has 0 bridgehead atoms. The standard InChI is InChI=1S/C15H22N4OSi/c1-17-13-8-15-14(7-12(13)9-16)18-10-19(15)11-20-5-6-21(2,3)4/h7-8,10,17H,5-6,11H2,1-4H3. The molecule has 0 saturated carbocycles. The number of fused-ring (bicyclic) bond motifs is 1. The SMILES string of the molecule is CNc1cc2c(cc1C#N)ncn2COCC[Si](C)(C)C. The van der Waals surface area contributed by atoms with Crippen molar-refractivity contribution in [3.63, 3.8) is 0 Å². The molecule has 0 amide bonds. The van der Waals surface area contributed by atoms with E-state index in [-0.39, 0.29) is 0 Å². The fourth-order valence-corrected chi connectivity index (χ4v) is 2.80. The monoisotopic (exact) mass is 302 g/mol. The largest absolute Gasteiger partial charge is 0.387 e. The third-order valence-corrected chi connectivity index (χ3v) is 5.08. The van der Waals surface area contributed by atoms with Crippen LogP contribution in [-0.4, -0.2) is 31.3 Å². The molecular weight excluding hydrogens is 280 g/mol. The highest BCUT2D eigenvalue weighted by molar-refractivity contribution is 6.76. The summed E-state index contributed by atoms with van der Waals surface area (Å²) >= 11 is 0. The van der Waals surface area contributed by atoms with E-state index in [1.54, 1.807) is 12.4 Å². The van der Waals surface area contributed by atoms with Gasteiger partial charge in [-0.15, -0.1) is 0 Å². The molecule has 1 aromatic heterocycles. The van der Waals surface area contributed by atoms with Crippen molar-refractivity contribution in [1.29, 1.82) is 5.26 Å². The molecule has 112 valence electrons. The molecule has 0 aliphatic rings. The van der Waals surface area contributed by atoms with Crippen molar-refractivity contribution in [2.24, 2.45) is 0 Å². The Hall–Kier alpha value is -1.84. The molecule has 6 heteroatoms. The average molecular weight is 302 g/mol. The fraction of sp³-hybridized carbons (Fsp3) is 0.467. The number of hydrogen-bond donors (Lipinski definition) is 1. The number of imidazole rings is 1. The second kappa shape index (κ2) is 6.29. The Balaban J connectivity index is 2.13. The van der Waals surface area contributed by atoms with Gasteiger partial charge in [0, 0.05) is 21.7 Å². The molecule has 0 radical (unpaired) electrons. The van der Waals surface area contributed by atoms with Crippen molar-refractivity contribution in [3.05, 3.63) is 24.0 Å². The number of nitriles is 1. The predicted molar refractivity (Wildman–Crippen MR) is 88.1 cm³/mol. The maximum atomic E-state index is 9.12. The Bertz CT molecular complexity index is 667. The Kier molecular flexibility index (Phi) is 4.65. The van der Waals surface area contributed by atoms with Crippen LogP contribution in [0.2, 0.25) is 25.7 Å². The minimum absolute atomic E-state index is 0.496. The maximum absolute atomic E-state index is 9.12. The third-order valence-electron chi connectivity index (χ3n) is 3.38. The molecule has 0 atom stereocenters. The number of aromatic nitrogens is 2. The van der Waals surface area contributed by atoms with Gasteiger partial charge in [0.25, 0.3) is 0 Å². The van der Waals surface area contributed by atoms with Crippen LogP contribution in [0, 0.1) is 11.3 Å². The molecule has 0 saturated heterocycles. The lowest BCUT2D eigenvalue weighted by atomic mass is 10.1. The van der Waals surface area contributed by atoms with Gasteiger partial charge in [-0.2, -0.15) is 5.26 Å². The van der Waals surface area contributed by atoms with E-state index < -0.39 is 8.07 Å². The Labute approximate surface area is 126 Å². The minimum atomic E-state index is -1.06. The first-order valence-corrected chi connectivity index (χ1v) is 10.8. The first-order valence-electron chi connectivity index (χ1n) is 7.09. The highest BCUT2D eigenvalue weighted by atomic mass is 28.3. The number of benzene rings is 1. The molecule has 0 fully saturated rings. The maximum Gasteiger partial charge on any atom is 0.124 e. The van der Waals surface area contributed by atoms with E-state index in [9.17, 15) is 0 Å². The van der Waals surface area contributed by atoms with Crippen LogP contribution in [0.4, 0.5) is 5.69 Å². The molecule has 0 unspecified atom stereocenters. The van der Waals surface area contributed by atoms with E-state index in [1.165, 1.54) is 0 Å². The van der Waals surface area contributed by atoms with Crippen LogP contribution in [0.25, 0.3) is 11.0 Å². The van der Waals surface area contributed by atoms with E-state index in [4.69, 9.17) is 10.00 Å². The van der Waals surface area contributed by atoms with Crippen molar-refractivity contribution < 1.29 is 4.74 Å². The summed E-state index contributed by atoms with van der Waals surface area (Å²) in [4.78, 5) is 4.34. The molecule has 2 rings (SSSR count). The molecule has 5 nitrogen and oxygen atoms in total. The zero-order chi connectivity index (χ0) is 15.5. The highest BCUT2D eigenvalue weighted by Crippen LogP contribution is 2.22. The molecular formula is C15H22N4OSi. The zero-order valence-corrected chi connectivity index (χ0v) is 14.1. The first-order chi connectivity index (χ1) is 9.94. The summed E-state index contributed by atoms with van der Waals surface area (Å²) in [7, 11) is 0.757. The third kappa shape index (κ3) is 3.83. The van der Waals surface area contributed by atoms with Crippen molar-refractivity contribution in [3.8, 4) is 6.07 Å². The van der Waals surface area contributed by atoms with Gasteiger partial charge in [-0.1, -0.05) is 19.6 Å². The lowest BCUT2D eigenvalue weighted by Crippen LogP contribution is -2.21. The second-order valence-electron chi connectivity index (χ2n) is 6.31. The van der Waals surface area contributed by atoms with Crippen LogP contribution >= 0.6 is 0 Å². The second-order valence-corrected chi connectivity index (χ2v) is 11.9. The van der Waals surface area contributed by atoms with E-state index in [0.717, 1.165) is 29.4 Å². The van der Waals surface area contributed by atoms with Gasteiger partial charge >= 0.3 is 0 Å². The minimum Gasteiger partial charge on any atom is -0.387 e. The topological polar surface area (TPSA) is 62.9 Å². The summed E-state index contributed by atoms with van der Waals surface area (Å²) in [6.07, 6.45) is 1.76. The van der Waals surface area contributed by atoms with Crippen molar-refractivity contribution in [1.82, 2.24) is 9.55 Å². The van der Waals surface area contributed by atoms with Gasteiger partial charge in [-0.05, 0) is 18.2 Å². The summed E-state index contributed by atoms with van der Waals surface area (Å²) in [6, 6.07) is 7.08. The number of nitrogens with zero attached hydrogens (tertiary/aromatic N) is 3. The first kappa shape index (κ1) is 15.5. The highest BCUT2D eigenvalue weighted by Gasteiger charge is 2.12. The smallest absolute Gasteiger partial charge is 0.124 e.